The Kier molecular flexibility index (Phi) is 6.89. The summed E-state index contributed by atoms with van der Waals surface area (Å²) in [6.45, 7) is 1.16. The second kappa shape index (κ2) is 9.57. The fraction of sp³-hybridized carbons (Fsp3) is 0.600. The number of carbonyl (C=O) groups excluding carboxylic acids is 1. The van der Waals surface area contributed by atoms with E-state index in [0.717, 1.165) is 24.1 Å². The summed E-state index contributed by atoms with van der Waals surface area (Å²) in [4.78, 5) is 16.6. The molecule has 1 aromatic rings. The van der Waals surface area contributed by atoms with Crippen molar-refractivity contribution in [3.05, 3.63) is 29.8 Å². The number of hydrogen-bond donors (Lipinski definition) is 3. The molecule has 1 aromatic carbocycles. The number of ether oxygens (including phenoxy) is 1. The third-order valence-corrected chi connectivity index (χ3v) is 5.06. The van der Waals surface area contributed by atoms with Gasteiger partial charge in [-0.3, -0.25) is 4.79 Å². The van der Waals surface area contributed by atoms with Crippen LogP contribution in [0, 0.1) is 0 Å². The first-order chi connectivity index (χ1) is 12.7. The lowest BCUT2D eigenvalue weighted by Crippen LogP contribution is -2.39. The maximum Gasteiger partial charge on any atom is 0.253 e. The Hall–Kier alpha value is -2.08. The molecule has 1 aliphatic carbocycles. The maximum absolute atomic E-state index is 12.1. The first kappa shape index (κ1) is 18.7. The summed E-state index contributed by atoms with van der Waals surface area (Å²) in [5, 5.41) is 6.28. The van der Waals surface area contributed by atoms with Gasteiger partial charge >= 0.3 is 0 Å². The third kappa shape index (κ3) is 5.73. The largest absolute Gasteiger partial charge is 0.370 e. The molecular weight excluding hydrogens is 328 g/mol. The number of nitrogens with two attached hydrogens (primary N) is 1. The number of rotatable bonds is 5. The van der Waals surface area contributed by atoms with Gasteiger partial charge in [-0.1, -0.05) is 37.8 Å². The lowest BCUT2D eigenvalue weighted by Gasteiger charge is -2.16. The average molecular weight is 358 g/mol. The van der Waals surface area contributed by atoms with Gasteiger partial charge in [0.25, 0.3) is 5.91 Å². The molecule has 0 spiro atoms. The molecule has 6 nitrogen and oxygen atoms in total. The van der Waals surface area contributed by atoms with Crippen molar-refractivity contribution in [1.82, 2.24) is 5.32 Å². The number of anilines is 1. The predicted octanol–water partition coefficient (Wildman–Crippen LogP) is 2.93. The van der Waals surface area contributed by atoms with E-state index in [1.165, 1.54) is 38.5 Å². The number of nitrogens with zero attached hydrogens (tertiary/aromatic N) is 1. The minimum Gasteiger partial charge on any atom is -0.370 e. The number of aliphatic imine (C=N–C) groups is 1. The van der Waals surface area contributed by atoms with Crippen LogP contribution >= 0.6 is 0 Å². The smallest absolute Gasteiger partial charge is 0.253 e. The summed E-state index contributed by atoms with van der Waals surface area (Å²) in [6, 6.07) is 8.18. The van der Waals surface area contributed by atoms with Crippen molar-refractivity contribution in [1.29, 1.82) is 0 Å². The molecule has 1 amide bonds. The third-order valence-electron chi connectivity index (χ3n) is 5.06. The van der Waals surface area contributed by atoms with Gasteiger partial charge in [0.05, 0.1) is 6.54 Å². The van der Waals surface area contributed by atoms with Crippen LogP contribution in [-0.4, -0.2) is 30.6 Å². The van der Waals surface area contributed by atoms with Crippen LogP contribution in [0.5, 0.6) is 0 Å². The zero-order chi connectivity index (χ0) is 18.2. The highest BCUT2D eigenvalue weighted by molar-refractivity contribution is 5.94. The van der Waals surface area contributed by atoms with E-state index in [-0.39, 0.29) is 12.0 Å². The Morgan fingerprint density at radius 2 is 1.96 bits per heavy atom. The van der Waals surface area contributed by atoms with E-state index in [4.69, 9.17) is 10.5 Å². The SMILES string of the molecule is NC(=NCc1cccc(NC(=O)C2CCCO2)c1)NC1CCCCCC1. The molecule has 1 unspecified atom stereocenters. The fourth-order valence-corrected chi connectivity index (χ4v) is 3.61. The van der Waals surface area contributed by atoms with Crippen molar-refractivity contribution in [2.24, 2.45) is 10.7 Å². The molecule has 1 saturated carbocycles. The molecule has 142 valence electrons. The lowest BCUT2D eigenvalue weighted by atomic mass is 10.1. The number of benzene rings is 1. The Labute approximate surface area is 155 Å². The maximum atomic E-state index is 12.1. The van der Waals surface area contributed by atoms with Crippen molar-refractivity contribution < 1.29 is 9.53 Å². The Bertz CT molecular complexity index is 618. The van der Waals surface area contributed by atoms with Crippen LogP contribution in [0.15, 0.2) is 29.3 Å². The molecule has 2 aliphatic rings. The molecule has 0 bridgehead atoms. The first-order valence-electron chi connectivity index (χ1n) is 9.78. The van der Waals surface area contributed by atoms with Crippen molar-refractivity contribution in [2.75, 3.05) is 11.9 Å². The molecule has 1 heterocycles. The van der Waals surface area contributed by atoms with E-state index >= 15 is 0 Å². The number of carbonyl (C=O) groups is 1. The van der Waals surface area contributed by atoms with Gasteiger partial charge in [-0.25, -0.2) is 4.99 Å². The summed E-state index contributed by atoms with van der Waals surface area (Å²) in [6.07, 6.45) is 8.91. The van der Waals surface area contributed by atoms with E-state index in [1.807, 2.05) is 24.3 Å². The monoisotopic (exact) mass is 358 g/mol. The van der Waals surface area contributed by atoms with E-state index in [0.29, 0.717) is 25.2 Å². The Morgan fingerprint density at radius 1 is 1.15 bits per heavy atom. The molecule has 1 saturated heterocycles. The van der Waals surface area contributed by atoms with Gasteiger partial charge in [-0.15, -0.1) is 0 Å². The standard InChI is InChI=1S/C20H30N4O2/c21-20(24-16-8-3-1-2-4-9-16)22-14-15-7-5-10-17(13-15)23-19(25)18-11-6-12-26-18/h5,7,10,13,16,18H,1-4,6,8-9,11-12,14H2,(H,23,25)(H3,21,22,24). The number of amides is 1. The molecule has 26 heavy (non-hydrogen) atoms. The quantitative estimate of drug-likeness (QED) is 0.429. The normalized spacial score (nSPS) is 22.0. The molecule has 2 fully saturated rings. The molecule has 3 rings (SSSR count). The number of hydrogen-bond acceptors (Lipinski definition) is 3. The fourth-order valence-electron chi connectivity index (χ4n) is 3.61. The molecule has 0 radical (unpaired) electrons. The first-order valence-corrected chi connectivity index (χ1v) is 9.78. The van der Waals surface area contributed by atoms with Gasteiger partial charge in [0.2, 0.25) is 0 Å². The lowest BCUT2D eigenvalue weighted by molar-refractivity contribution is -0.124. The van der Waals surface area contributed by atoms with E-state index in [1.54, 1.807) is 0 Å². The van der Waals surface area contributed by atoms with Crippen LogP contribution in [0.2, 0.25) is 0 Å². The van der Waals surface area contributed by atoms with Crippen LogP contribution in [0.4, 0.5) is 5.69 Å². The van der Waals surface area contributed by atoms with Gasteiger partial charge in [0, 0.05) is 18.3 Å². The van der Waals surface area contributed by atoms with Crippen molar-refractivity contribution in [3.8, 4) is 0 Å². The minimum atomic E-state index is -0.323. The zero-order valence-corrected chi connectivity index (χ0v) is 15.4. The summed E-state index contributed by atoms with van der Waals surface area (Å²) in [5.74, 6) is 0.434. The van der Waals surface area contributed by atoms with Crippen LogP contribution < -0.4 is 16.4 Å². The van der Waals surface area contributed by atoms with E-state index in [2.05, 4.69) is 15.6 Å². The summed E-state index contributed by atoms with van der Waals surface area (Å²) in [7, 11) is 0. The number of nitrogens with one attached hydrogen (secondary N) is 2. The summed E-state index contributed by atoms with van der Waals surface area (Å²) >= 11 is 0. The van der Waals surface area contributed by atoms with Crippen molar-refractivity contribution in [2.45, 2.75) is 70.1 Å². The molecule has 0 aromatic heterocycles. The van der Waals surface area contributed by atoms with Gasteiger partial charge < -0.3 is 21.1 Å². The highest BCUT2D eigenvalue weighted by atomic mass is 16.5. The van der Waals surface area contributed by atoms with Crippen LogP contribution in [0.1, 0.15) is 56.9 Å². The Balaban J connectivity index is 1.51. The molecule has 1 atom stereocenters. The summed E-state index contributed by atoms with van der Waals surface area (Å²) < 4.78 is 5.42. The van der Waals surface area contributed by atoms with Gasteiger partial charge in [-0.2, -0.15) is 0 Å². The van der Waals surface area contributed by atoms with Gasteiger partial charge in [0.15, 0.2) is 5.96 Å². The van der Waals surface area contributed by atoms with Crippen molar-refractivity contribution in [3.63, 3.8) is 0 Å². The van der Waals surface area contributed by atoms with Gasteiger partial charge in [-0.05, 0) is 43.4 Å². The second-order valence-corrected chi connectivity index (χ2v) is 7.23. The summed E-state index contributed by atoms with van der Waals surface area (Å²) in [5.41, 5.74) is 7.84. The molecule has 4 N–H and O–H groups in total. The van der Waals surface area contributed by atoms with Crippen molar-refractivity contribution >= 4 is 17.6 Å². The van der Waals surface area contributed by atoms with E-state index in [9.17, 15) is 4.79 Å². The predicted molar refractivity (Wildman–Crippen MR) is 104 cm³/mol. The van der Waals surface area contributed by atoms with E-state index < -0.39 is 0 Å². The molecule has 1 aliphatic heterocycles. The average Bonchev–Trinajstić information content (AvgIpc) is 3.06. The minimum absolute atomic E-state index is 0.0716. The Morgan fingerprint density at radius 3 is 2.69 bits per heavy atom. The zero-order valence-electron chi connectivity index (χ0n) is 15.4. The number of guanidine groups is 1. The van der Waals surface area contributed by atoms with Crippen LogP contribution in [0.25, 0.3) is 0 Å². The molecule has 6 heteroatoms. The second-order valence-electron chi connectivity index (χ2n) is 7.23. The highest BCUT2D eigenvalue weighted by Crippen LogP contribution is 2.18. The van der Waals surface area contributed by atoms with Crippen LogP contribution in [0.3, 0.4) is 0 Å². The molecular formula is C20H30N4O2. The van der Waals surface area contributed by atoms with Crippen LogP contribution in [-0.2, 0) is 16.1 Å². The highest BCUT2D eigenvalue weighted by Gasteiger charge is 2.23. The van der Waals surface area contributed by atoms with Gasteiger partial charge in [0.1, 0.15) is 6.10 Å². The topological polar surface area (TPSA) is 88.7 Å².